The number of benzene rings is 2. The molecular formula is C35H47Cl2N3O6. The molecule has 252 valence electrons. The zero-order valence-corrected chi connectivity index (χ0v) is 28.9. The van der Waals surface area contributed by atoms with Gasteiger partial charge in [0.1, 0.15) is 17.2 Å². The second-order valence-electron chi connectivity index (χ2n) is 12.0. The molecule has 3 aromatic rings. The molecule has 0 radical (unpaired) electrons. The van der Waals surface area contributed by atoms with Crippen LogP contribution in [0.3, 0.4) is 0 Å². The Morgan fingerprint density at radius 1 is 1.00 bits per heavy atom. The number of carboxylic acid groups (broad SMARTS) is 2. The Hall–Kier alpha value is -3.53. The van der Waals surface area contributed by atoms with E-state index in [9.17, 15) is 4.79 Å². The maximum absolute atomic E-state index is 13.3. The summed E-state index contributed by atoms with van der Waals surface area (Å²) in [6.07, 6.45) is 4.63. The lowest BCUT2D eigenvalue weighted by atomic mass is 9.94. The van der Waals surface area contributed by atoms with Gasteiger partial charge in [0.2, 0.25) is 0 Å². The first-order valence-corrected chi connectivity index (χ1v) is 15.9. The number of carbonyl (C=O) groups excluding carboxylic acids is 1. The Kier molecular flexibility index (Phi) is 16.1. The van der Waals surface area contributed by atoms with Crippen LogP contribution < -0.4 is 14.8 Å². The molecule has 0 aliphatic heterocycles. The molecule has 1 aliphatic carbocycles. The van der Waals surface area contributed by atoms with Gasteiger partial charge in [0.25, 0.3) is 5.91 Å². The van der Waals surface area contributed by atoms with Crippen molar-refractivity contribution in [2.45, 2.75) is 65.3 Å². The molecular weight excluding hydrogens is 629 g/mol. The molecule has 0 spiro atoms. The van der Waals surface area contributed by atoms with E-state index in [1.807, 2.05) is 50.5 Å². The largest absolute Gasteiger partial charge is 0.503 e. The van der Waals surface area contributed by atoms with E-state index in [1.165, 1.54) is 6.42 Å². The normalized spacial score (nSPS) is 13.0. The lowest BCUT2D eigenvalue weighted by Crippen LogP contribution is -2.36. The molecule has 46 heavy (non-hydrogen) atoms. The van der Waals surface area contributed by atoms with Crippen LogP contribution >= 0.6 is 24.0 Å². The van der Waals surface area contributed by atoms with Gasteiger partial charge >= 0.3 is 6.16 Å². The van der Waals surface area contributed by atoms with Crippen molar-refractivity contribution >= 4 is 36.1 Å². The summed E-state index contributed by atoms with van der Waals surface area (Å²) in [5.41, 5.74) is 4.98. The fraction of sp³-hybridized carbons (Fsp3) is 0.457. The Bertz CT molecular complexity index is 1420. The van der Waals surface area contributed by atoms with Crippen molar-refractivity contribution in [3.05, 3.63) is 64.8 Å². The highest BCUT2D eigenvalue weighted by atomic mass is 35.5. The van der Waals surface area contributed by atoms with Crippen molar-refractivity contribution < 1.29 is 29.3 Å². The summed E-state index contributed by atoms with van der Waals surface area (Å²) in [5, 5.41) is 17.7. The number of rotatable bonds is 12. The second kappa shape index (κ2) is 19.2. The number of amides is 1. The Morgan fingerprint density at radius 2 is 1.70 bits per heavy atom. The third kappa shape index (κ3) is 12.3. The molecule has 3 N–H and O–H groups in total. The van der Waals surface area contributed by atoms with Crippen LogP contribution in [0.1, 0.15) is 68.4 Å². The van der Waals surface area contributed by atoms with Crippen LogP contribution in [-0.2, 0) is 0 Å². The van der Waals surface area contributed by atoms with Crippen LogP contribution in [0.15, 0.2) is 48.5 Å². The fourth-order valence-corrected chi connectivity index (χ4v) is 5.27. The topological polar surface area (TPSA) is 121 Å². The van der Waals surface area contributed by atoms with Gasteiger partial charge in [0.05, 0.1) is 23.9 Å². The van der Waals surface area contributed by atoms with Gasteiger partial charge in [-0.3, -0.25) is 4.79 Å². The molecule has 1 saturated carbocycles. The summed E-state index contributed by atoms with van der Waals surface area (Å²) in [5.74, 6) is 1.71. The zero-order valence-electron chi connectivity index (χ0n) is 27.3. The molecule has 0 atom stereocenters. The van der Waals surface area contributed by atoms with Gasteiger partial charge in [0.15, 0.2) is 0 Å². The van der Waals surface area contributed by atoms with Gasteiger partial charge in [-0.05, 0) is 93.7 Å². The summed E-state index contributed by atoms with van der Waals surface area (Å²) in [6, 6.07) is 15.9. The molecule has 11 heteroatoms. The van der Waals surface area contributed by atoms with Crippen LogP contribution in [0.25, 0.3) is 22.4 Å². The summed E-state index contributed by atoms with van der Waals surface area (Å²) < 4.78 is 12.1. The summed E-state index contributed by atoms with van der Waals surface area (Å²) in [7, 11) is 4.09. The molecule has 1 aromatic heterocycles. The van der Waals surface area contributed by atoms with E-state index in [4.69, 9.17) is 41.1 Å². The molecule has 1 heterocycles. The van der Waals surface area contributed by atoms with Gasteiger partial charge < -0.3 is 29.9 Å². The quantitative estimate of drug-likeness (QED) is 0.164. The predicted molar refractivity (Wildman–Crippen MR) is 186 cm³/mol. The zero-order chi connectivity index (χ0) is 32.9. The van der Waals surface area contributed by atoms with Crippen LogP contribution in [0.2, 0.25) is 5.02 Å². The van der Waals surface area contributed by atoms with Crippen molar-refractivity contribution in [3.63, 3.8) is 0 Å². The maximum Gasteiger partial charge on any atom is 0.503 e. The number of aromatic nitrogens is 1. The number of pyridine rings is 1. The summed E-state index contributed by atoms with van der Waals surface area (Å²) in [4.78, 5) is 29.0. The minimum Gasteiger partial charge on any atom is -0.493 e. The van der Waals surface area contributed by atoms with E-state index in [2.05, 4.69) is 43.1 Å². The van der Waals surface area contributed by atoms with Gasteiger partial charge in [-0.2, -0.15) is 0 Å². The lowest BCUT2D eigenvalue weighted by Gasteiger charge is -2.23. The SMILES string of the molecule is Cc1ccc(OCC(C)C)cc1-c1ccc(C(=O)NC2CCCCC2)nc1-c1ccc(Cl)c(OCCCN(C)C)c1.Cl.O=C(O)O. The number of nitrogens with zero attached hydrogens (tertiary/aromatic N) is 2. The Balaban J connectivity index is 0.00000139. The van der Waals surface area contributed by atoms with E-state index in [0.29, 0.717) is 41.3 Å². The molecule has 1 fully saturated rings. The molecule has 2 aromatic carbocycles. The van der Waals surface area contributed by atoms with Gasteiger partial charge in [-0.15, -0.1) is 12.4 Å². The monoisotopic (exact) mass is 675 g/mol. The van der Waals surface area contributed by atoms with Crippen LogP contribution in [0, 0.1) is 12.8 Å². The fourth-order valence-electron chi connectivity index (χ4n) is 5.10. The van der Waals surface area contributed by atoms with E-state index in [0.717, 1.165) is 66.7 Å². The molecule has 1 amide bonds. The smallest absolute Gasteiger partial charge is 0.493 e. The van der Waals surface area contributed by atoms with E-state index in [-0.39, 0.29) is 24.4 Å². The van der Waals surface area contributed by atoms with Gasteiger partial charge in [-0.25, -0.2) is 9.78 Å². The first-order valence-electron chi connectivity index (χ1n) is 15.5. The Labute approximate surface area is 283 Å². The van der Waals surface area contributed by atoms with Crippen LogP contribution in [-0.4, -0.2) is 72.1 Å². The molecule has 4 rings (SSSR count). The average Bonchev–Trinajstić information content (AvgIpc) is 2.99. The first-order chi connectivity index (χ1) is 21.4. The third-order valence-corrected chi connectivity index (χ3v) is 7.67. The molecule has 0 saturated heterocycles. The predicted octanol–water partition coefficient (Wildman–Crippen LogP) is 8.45. The van der Waals surface area contributed by atoms with E-state index in [1.54, 1.807) is 0 Å². The number of nitrogens with one attached hydrogen (secondary N) is 1. The third-order valence-electron chi connectivity index (χ3n) is 7.36. The van der Waals surface area contributed by atoms with Crippen molar-refractivity contribution in [1.29, 1.82) is 0 Å². The lowest BCUT2D eigenvalue weighted by molar-refractivity contribution is 0.0922. The second-order valence-corrected chi connectivity index (χ2v) is 12.4. The average molecular weight is 677 g/mol. The summed E-state index contributed by atoms with van der Waals surface area (Å²) in [6.45, 7) is 8.47. The number of hydrogen-bond donors (Lipinski definition) is 3. The highest BCUT2D eigenvalue weighted by molar-refractivity contribution is 6.32. The summed E-state index contributed by atoms with van der Waals surface area (Å²) >= 11 is 6.54. The van der Waals surface area contributed by atoms with E-state index >= 15 is 0 Å². The first kappa shape index (κ1) is 38.7. The number of aryl methyl sites for hydroxylation is 1. The van der Waals surface area contributed by atoms with Crippen LogP contribution in [0.5, 0.6) is 11.5 Å². The molecule has 0 unspecified atom stereocenters. The molecule has 0 bridgehead atoms. The minimum atomic E-state index is -1.83. The van der Waals surface area contributed by atoms with Crippen molar-refractivity contribution in [1.82, 2.24) is 15.2 Å². The van der Waals surface area contributed by atoms with Crippen molar-refractivity contribution in [3.8, 4) is 33.9 Å². The van der Waals surface area contributed by atoms with Gasteiger partial charge in [-0.1, -0.05) is 56.8 Å². The highest BCUT2D eigenvalue weighted by Gasteiger charge is 2.21. The molecule has 9 nitrogen and oxygen atoms in total. The van der Waals surface area contributed by atoms with Crippen LogP contribution in [0.4, 0.5) is 4.79 Å². The Morgan fingerprint density at radius 3 is 2.35 bits per heavy atom. The number of hydrogen-bond acceptors (Lipinski definition) is 6. The number of carbonyl (C=O) groups is 2. The number of halogens is 2. The maximum atomic E-state index is 13.3. The highest BCUT2D eigenvalue weighted by Crippen LogP contribution is 2.38. The van der Waals surface area contributed by atoms with Crippen molar-refractivity contribution in [2.24, 2.45) is 5.92 Å². The number of ether oxygens (including phenoxy) is 2. The van der Waals surface area contributed by atoms with E-state index < -0.39 is 6.16 Å². The minimum absolute atomic E-state index is 0. The standard InChI is InChI=1S/C34H44ClN3O3.CH2O3.ClH/c1-23(2)22-41-27-14-12-24(3)29(21-27)28-15-17-31(34(39)36-26-10-7-6-8-11-26)37-33(28)25-13-16-30(35)32(20-25)40-19-9-18-38(4)5;2-1(3)4;/h12-17,20-21,23,26H,6-11,18-19,22H2,1-5H3,(H,36,39);(H2,2,3,4);1H. The molecule has 1 aliphatic rings. The van der Waals surface area contributed by atoms with Crippen molar-refractivity contribution in [2.75, 3.05) is 33.9 Å². The van der Waals surface area contributed by atoms with Gasteiger partial charge in [0, 0.05) is 23.7 Å².